The molecule has 0 aromatic heterocycles. The van der Waals surface area contributed by atoms with E-state index in [-0.39, 0.29) is 64.2 Å². The van der Waals surface area contributed by atoms with Crippen LogP contribution in [0.4, 0.5) is 11.4 Å². The zero-order valence-electron chi connectivity index (χ0n) is 16.6. The van der Waals surface area contributed by atoms with E-state index in [4.69, 9.17) is 46.4 Å². The molecule has 0 spiro atoms. The van der Waals surface area contributed by atoms with E-state index in [9.17, 15) is 30.7 Å². The first-order valence-electron chi connectivity index (χ1n) is 8.31. The van der Waals surface area contributed by atoms with Crippen molar-refractivity contribution in [2.24, 2.45) is 15.3 Å². The molecule has 0 fully saturated rings. The SMILES string of the molecule is CC1=NN(c2cc(Cl)c(S(=O)(=O)[O-])cc2Cl)C(=O)C1N=Nc1cc(Cl)c(Cl)cc1S(=O)(=O)[O-].[Ca+2]. The normalized spacial score (nSPS) is 16.7. The fraction of sp³-hybridized carbons (Fsp3) is 0.125. The van der Waals surface area contributed by atoms with Gasteiger partial charge < -0.3 is 9.11 Å². The van der Waals surface area contributed by atoms with Gasteiger partial charge in [-0.1, -0.05) is 46.4 Å². The smallest absolute Gasteiger partial charge is 0.744 e. The number of amides is 1. The van der Waals surface area contributed by atoms with Gasteiger partial charge in [-0.05, 0) is 31.2 Å². The van der Waals surface area contributed by atoms with Crippen molar-refractivity contribution >= 4 is 127 Å². The molecule has 0 saturated heterocycles. The topological polar surface area (TPSA) is 172 Å². The zero-order chi connectivity index (χ0) is 24.9. The number of rotatable bonds is 5. The molecule has 2 aromatic rings. The average molecular weight is 614 g/mol. The summed E-state index contributed by atoms with van der Waals surface area (Å²) >= 11 is 23.5. The summed E-state index contributed by atoms with van der Waals surface area (Å²) < 4.78 is 68.2. The molecule has 1 aliphatic rings. The number of hydrazone groups is 1. The molecular weight excluding hydrogens is 606 g/mol. The molecule has 1 amide bonds. The molecule has 0 N–H and O–H groups in total. The number of azo groups is 1. The largest absolute Gasteiger partial charge is 2.00 e. The second-order valence-corrected chi connectivity index (χ2v) is 10.7. The summed E-state index contributed by atoms with van der Waals surface area (Å²) in [7, 11) is -9.93. The molecule has 1 unspecified atom stereocenters. The fourth-order valence-electron chi connectivity index (χ4n) is 2.65. The third-order valence-electron chi connectivity index (χ3n) is 4.15. The van der Waals surface area contributed by atoms with Gasteiger partial charge in [0.2, 0.25) is 0 Å². The van der Waals surface area contributed by atoms with Crippen LogP contribution in [0.25, 0.3) is 0 Å². The fourth-order valence-corrected chi connectivity index (χ4v) is 4.96. The van der Waals surface area contributed by atoms with Crippen molar-refractivity contribution < 1.29 is 30.7 Å². The van der Waals surface area contributed by atoms with Crippen LogP contribution in [0.5, 0.6) is 0 Å². The van der Waals surface area contributed by atoms with Gasteiger partial charge >= 0.3 is 37.7 Å². The summed E-state index contributed by atoms with van der Waals surface area (Å²) in [6.07, 6.45) is 0. The Morgan fingerprint density at radius 3 is 1.97 bits per heavy atom. The predicted octanol–water partition coefficient (Wildman–Crippen LogP) is 3.60. The van der Waals surface area contributed by atoms with Gasteiger partial charge in [0.05, 0.1) is 41.3 Å². The average Bonchev–Trinajstić information content (AvgIpc) is 2.95. The Balaban J connectivity index is 0.00000408. The molecule has 11 nitrogen and oxygen atoms in total. The number of anilines is 1. The molecule has 0 bridgehead atoms. The van der Waals surface area contributed by atoms with Crippen molar-refractivity contribution in [1.82, 2.24) is 0 Å². The molecule has 3 rings (SSSR count). The third kappa shape index (κ3) is 6.21. The van der Waals surface area contributed by atoms with Gasteiger partial charge in [0, 0.05) is 0 Å². The number of hydrogen-bond donors (Lipinski definition) is 0. The Morgan fingerprint density at radius 2 is 1.41 bits per heavy atom. The van der Waals surface area contributed by atoms with E-state index in [1.165, 1.54) is 6.92 Å². The number of nitrogens with zero attached hydrogens (tertiary/aromatic N) is 4. The zero-order valence-corrected chi connectivity index (χ0v) is 23.4. The van der Waals surface area contributed by atoms with Gasteiger partial charge in [-0.25, -0.2) is 16.8 Å². The van der Waals surface area contributed by atoms with E-state index in [1.54, 1.807) is 0 Å². The first-order valence-corrected chi connectivity index (χ1v) is 12.6. The van der Waals surface area contributed by atoms with E-state index in [2.05, 4.69) is 15.3 Å². The van der Waals surface area contributed by atoms with Crippen molar-refractivity contribution in [3.05, 3.63) is 44.4 Å². The van der Waals surface area contributed by atoms with E-state index < -0.39 is 52.7 Å². The van der Waals surface area contributed by atoms with Crippen molar-refractivity contribution in [3.63, 3.8) is 0 Å². The van der Waals surface area contributed by atoms with Crippen LogP contribution in [0.1, 0.15) is 6.92 Å². The molecule has 1 heterocycles. The standard InChI is InChI=1S/C16H10Cl4N4O7S2.Ca/c1-6-15(22-21-11-2-7(17)8(18)4-14(11)33(29,30)31)16(25)24(23-6)12-3-10(20)13(5-9(12)19)32(26,27)28;/h2-5,15H,1H3,(H,26,27,28)(H,29,30,31);/q;+2/p-2. The molecule has 0 radical (unpaired) electrons. The minimum Gasteiger partial charge on any atom is -0.744 e. The molecule has 18 heteroatoms. The van der Waals surface area contributed by atoms with Crippen LogP contribution >= 0.6 is 46.4 Å². The van der Waals surface area contributed by atoms with Crippen molar-refractivity contribution in [2.75, 3.05) is 5.01 Å². The maximum atomic E-state index is 12.8. The van der Waals surface area contributed by atoms with Gasteiger partial charge in [0.15, 0.2) is 6.04 Å². The predicted molar refractivity (Wildman–Crippen MR) is 124 cm³/mol. The molecule has 1 atom stereocenters. The number of carbonyl (C=O) groups is 1. The minimum absolute atomic E-state index is 0. The van der Waals surface area contributed by atoms with Crippen LogP contribution in [-0.4, -0.2) is 81.3 Å². The Hall–Kier alpha value is -0.580. The summed E-state index contributed by atoms with van der Waals surface area (Å²) in [6.45, 7) is 1.40. The van der Waals surface area contributed by atoms with Crippen LogP contribution in [0.2, 0.25) is 20.1 Å². The molecule has 1 aliphatic heterocycles. The first kappa shape index (κ1) is 29.6. The second kappa shape index (κ2) is 10.8. The van der Waals surface area contributed by atoms with E-state index in [0.717, 1.165) is 29.3 Å². The van der Waals surface area contributed by atoms with Gasteiger partial charge in [-0.2, -0.15) is 20.3 Å². The number of carbonyl (C=O) groups excluding carboxylic acids is 1. The summed E-state index contributed by atoms with van der Waals surface area (Å²) in [5.74, 6) is -0.821. The Bertz CT molecular complexity index is 1470. The van der Waals surface area contributed by atoms with E-state index in [0.29, 0.717) is 0 Å². The molecule has 34 heavy (non-hydrogen) atoms. The van der Waals surface area contributed by atoms with Crippen LogP contribution in [0.15, 0.2) is 49.4 Å². The molecule has 0 aliphatic carbocycles. The summed E-state index contributed by atoms with van der Waals surface area (Å²) in [4.78, 5) is 11.2. The second-order valence-electron chi connectivity index (χ2n) is 6.39. The maximum absolute atomic E-state index is 12.8. The van der Waals surface area contributed by atoms with Crippen LogP contribution in [0, 0.1) is 0 Å². The number of hydrogen-bond acceptors (Lipinski definition) is 10. The van der Waals surface area contributed by atoms with Gasteiger partial charge in [-0.15, -0.1) is 0 Å². The maximum Gasteiger partial charge on any atom is 2.00 e. The molecule has 2 aromatic carbocycles. The minimum atomic E-state index is -5.00. The monoisotopic (exact) mass is 612 g/mol. The number of benzene rings is 2. The van der Waals surface area contributed by atoms with E-state index in [1.807, 2.05) is 0 Å². The Labute approximate surface area is 243 Å². The van der Waals surface area contributed by atoms with Crippen molar-refractivity contribution in [1.29, 1.82) is 0 Å². The van der Waals surface area contributed by atoms with Crippen molar-refractivity contribution in [2.45, 2.75) is 22.8 Å². The molecule has 176 valence electrons. The van der Waals surface area contributed by atoms with Gasteiger partial charge in [0.1, 0.15) is 25.9 Å². The Morgan fingerprint density at radius 1 is 0.882 bits per heavy atom. The molecule has 0 saturated carbocycles. The van der Waals surface area contributed by atoms with Crippen LogP contribution < -0.4 is 5.01 Å². The van der Waals surface area contributed by atoms with Crippen LogP contribution in [0.3, 0.4) is 0 Å². The van der Waals surface area contributed by atoms with Crippen LogP contribution in [-0.2, 0) is 25.0 Å². The number of halogens is 4. The third-order valence-corrected chi connectivity index (χ3v) is 7.34. The quantitative estimate of drug-likeness (QED) is 0.281. The van der Waals surface area contributed by atoms with Gasteiger partial charge in [0.25, 0.3) is 5.91 Å². The summed E-state index contributed by atoms with van der Waals surface area (Å²) in [5.41, 5.74) is -0.513. The van der Waals surface area contributed by atoms with Crippen molar-refractivity contribution in [3.8, 4) is 0 Å². The Kier molecular flexibility index (Phi) is 9.42. The summed E-state index contributed by atoms with van der Waals surface area (Å²) in [5, 5.41) is 11.0. The van der Waals surface area contributed by atoms with Gasteiger partial charge in [-0.3, -0.25) is 4.79 Å². The first-order chi connectivity index (χ1) is 15.1. The van der Waals surface area contributed by atoms with E-state index >= 15 is 0 Å². The molecular formula is C16H8CaCl4N4O7S2. The summed E-state index contributed by atoms with van der Waals surface area (Å²) in [6, 6.07) is 2.16.